The van der Waals surface area contributed by atoms with Crippen molar-refractivity contribution in [3.05, 3.63) is 93.5 Å². The van der Waals surface area contributed by atoms with Crippen LogP contribution in [0.2, 0.25) is 5.02 Å². The molecule has 1 aliphatic heterocycles. The van der Waals surface area contributed by atoms with E-state index in [9.17, 15) is 17.6 Å². The molecule has 12 heteroatoms. The van der Waals surface area contributed by atoms with E-state index in [1.807, 2.05) is 52.0 Å². The minimum Gasteiger partial charge on any atom is -0.460 e. The monoisotopic (exact) mass is 666 g/mol. The maximum absolute atomic E-state index is 13.5. The highest BCUT2D eigenvalue weighted by molar-refractivity contribution is 7.92. The molecule has 0 radical (unpaired) electrons. The second-order valence-corrected chi connectivity index (χ2v) is 15.6. The van der Waals surface area contributed by atoms with Gasteiger partial charge in [0.05, 0.1) is 28.7 Å². The van der Waals surface area contributed by atoms with Crippen molar-refractivity contribution in [3.63, 3.8) is 0 Å². The molecule has 1 amide bonds. The maximum atomic E-state index is 13.5. The first-order valence-electron chi connectivity index (χ1n) is 15.3. The maximum Gasteiger partial charge on any atom is 0.496 e. The molecule has 4 aromatic rings. The molecular weight excluding hydrogens is 630 g/mol. The molecule has 46 heavy (non-hydrogen) atoms. The van der Waals surface area contributed by atoms with E-state index in [0.29, 0.717) is 39.3 Å². The number of halogens is 2. The average Bonchev–Trinajstić information content (AvgIpc) is 3.69. The zero-order valence-electron chi connectivity index (χ0n) is 26.5. The smallest absolute Gasteiger partial charge is 0.460 e. The van der Waals surface area contributed by atoms with Crippen LogP contribution in [0.4, 0.5) is 10.1 Å². The van der Waals surface area contributed by atoms with Crippen molar-refractivity contribution in [1.29, 1.82) is 0 Å². The van der Waals surface area contributed by atoms with Gasteiger partial charge in [0, 0.05) is 34.9 Å². The summed E-state index contributed by atoms with van der Waals surface area (Å²) in [5, 5.41) is 1.01. The highest BCUT2D eigenvalue weighted by Gasteiger charge is 2.52. The quantitative estimate of drug-likeness (QED) is 0.205. The number of furan rings is 1. The molecule has 0 bridgehead atoms. The molecule has 1 aliphatic carbocycles. The number of nitrogens with zero attached hydrogens (tertiary/aromatic N) is 1. The summed E-state index contributed by atoms with van der Waals surface area (Å²) in [6.07, 6.45) is 3.59. The van der Waals surface area contributed by atoms with Gasteiger partial charge < -0.3 is 19.5 Å². The Bertz CT molecular complexity index is 1920. The van der Waals surface area contributed by atoms with Crippen molar-refractivity contribution in [2.24, 2.45) is 5.73 Å². The summed E-state index contributed by atoms with van der Waals surface area (Å²) in [5.41, 5.74) is 9.04. The van der Waals surface area contributed by atoms with Crippen LogP contribution >= 0.6 is 11.6 Å². The van der Waals surface area contributed by atoms with E-state index in [-0.39, 0.29) is 30.3 Å². The van der Waals surface area contributed by atoms with Crippen LogP contribution in [0.3, 0.4) is 0 Å². The molecule has 2 heterocycles. The Hall–Kier alpha value is -3.38. The number of carbonyl (C=O) groups excluding carboxylic acids is 1. The zero-order chi connectivity index (χ0) is 33.2. The fourth-order valence-corrected chi connectivity index (χ4v) is 7.13. The summed E-state index contributed by atoms with van der Waals surface area (Å²) in [7, 11) is -4.34. The highest BCUT2D eigenvalue weighted by atomic mass is 35.5. The fraction of sp³-hybridized carbons (Fsp3) is 0.382. The predicted octanol–water partition coefficient (Wildman–Crippen LogP) is 6.10. The predicted molar refractivity (Wildman–Crippen MR) is 179 cm³/mol. The van der Waals surface area contributed by atoms with Crippen LogP contribution in [-0.2, 0) is 32.2 Å². The molecule has 242 valence electrons. The third-order valence-electron chi connectivity index (χ3n) is 9.30. The number of hydrogen-bond acceptors (Lipinski definition) is 6. The Morgan fingerprint density at radius 1 is 1.02 bits per heavy atom. The van der Waals surface area contributed by atoms with E-state index in [0.717, 1.165) is 29.5 Å². The van der Waals surface area contributed by atoms with E-state index in [4.69, 9.17) is 31.1 Å². The Morgan fingerprint density at radius 2 is 1.65 bits per heavy atom. The number of primary amides is 1. The Labute approximate surface area is 274 Å². The van der Waals surface area contributed by atoms with Crippen LogP contribution in [0, 0.1) is 5.82 Å². The molecule has 3 aromatic carbocycles. The number of fused-ring (bicyclic) bond motifs is 1. The van der Waals surface area contributed by atoms with Crippen LogP contribution in [0.25, 0.3) is 11.0 Å². The van der Waals surface area contributed by atoms with Gasteiger partial charge in [0.1, 0.15) is 17.2 Å². The zero-order valence-corrected chi connectivity index (χ0v) is 28.1. The molecule has 0 unspecified atom stereocenters. The highest BCUT2D eigenvalue weighted by Crippen LogP contribution is 2.47. The molecule has 6 rings (SSSR count). The topological polar surface area (TPSA) is 112 Å². The second-order valence-electron chi connectivity index (χ2n) is 13.3. The number of carbonyl (C=O) groups is 1. The Kier molecular flexibility index (Phi) is 8.28. The first-order valence-corrected chi connectivity index (χ1v) is 17.5. The minimum absolute atomic E-state index is 0.147. The molecule has 0 atom stereocenters. The molecule has 1 aromatic heterocycles. The SMILES string of the molecule is CC1(C)OB(c2ccc(CCN(c3cc4oc(Cc5ccc(F)cc5)c(C(N)=O)c4cc3C3CC3)S(C)(=O)=O)cc2Cl)OC1(C)C. The standard InChI is InChI=1S/C34H37BClFN2O6S/c1-33(2)34(3,4)45-35(44-33)26-13-8-21(16-27(26)36)14-15-39(46(5,41)42)28-19-29-25(18-24(28)22-9-10-22)31(32(38)40)30(43-29)17-20-6-11-23(37)12-7-20/h6-8,11-13,16,18-19,22H,9-10,14-15,17H2,1-5H3,(H2,38,40). The van der Waals surface area contributed by atoms with Crippen molar-refractivity contribution in [3.8, 4) is 0 Å². The van der Waals surface area contributed by atoms with Gasteiger partial charge in [-0.05, 0) is 93.8 Å². The summed E-state index contributed by atoms with van der Waals surface area (Å²) in [4.78, 5) is 12.6. The summed E-state index contributed by atoms with van der Waals surface area (Å²) in [5.74, 6) is -0.526. The largest absolute Gasteiger partial charge is 0.496 e. The number of benzene rings is 3. The van der Waals surface area contributed by atoms with Gasteiger partial charge in [0.25, 0.3) is 5.91 Å². The molecule has 0 spiro atoms. The molecule has 2 N–H and O–H groups in total. The lowest BCUT2D eigenvalue weighted by atomic mass is 9.78. The van der Waals surface area contributed by atoms with Gasteiger partial charge in [0.2, 0.25) is 10.0 Å². The van der Waals surface area contributed by atoms with Crippen LogP contribution in [0.15, 0.2) is 59.0 Å². The van der Waals surface area contributed by atoms with Gasteiger partial charge in [-0.15, -0.1) is 0 Å². The average molecular weight is 667 g/mol. The van der Waals surface area contributed by atoms with Crippen molar-refractivity contribution in [2.75, 3.05) is 17.1 Å². The number of anilines is 1. The lowest BCUT2D eigenvalue weighted by molar-refractivity contribution is 0.00578. The minimum atomic E-state index is -3.72. The summed E-state index contributed by atoms with van der Waals surface area (Å²) >= 11 is 6.71. The summed E-state index contributed by atoms with van der Waals surface area (Å²) in [6, 6.07) is 15.0. The number of rotatable bonds is 10. The lowest BCUT2D eigenvalue weighted by Crippen LogP contribution is -2.41. The van der Waals surface area contributed by atoms with E-state index in [1.165, 1.54) is 22.7 Å². The van der Waals surface area contributed by atoms with Crippen LogP contribution < -0.4 is 15.5 Å². The van der Waals surface area contributed by atoms with E-state index < -0.39 is 34.3 Å². The van der Waals surface area contributed by atoms with Crippen molar-refractivity contribution in [2.45, 2.75) is 70.5 Å². The molecule has 2 fully saturated rings. The number of sulfonamides is 1. The van der Waals surface area contributed by atoms with E-state index in [1.54, 1.807) is 18.2 Å². The summed E-state index contributed by atoms with van der Waals surface area (Å²) in [6.45, 7) is 8.07. The molecule has 1 saturated heterocycles. The first-order chi connectivity index (χ1) is 21.5. The Morgan fingerprint density at radius 3 is 2.22 bits per heavy atom. The number of nitrogens with two attached hydrogens (primary N) is 1. The second kappa shape index (κ2) is 11.7. The normalized spacial score (nSPS) is 17.5. The van der Waals surface area contributed by atoms with Gasteiger partial charge in [0.15, 0.2) is 0 Å². The van der Waals surface area contributed by atoms with Crippen LogP contribution in [0.5, 0.6) is 0 Å². The van der Waals surface area contributed by atoms with Gasteiger partial charge in [-0.2, -0.15) is 0 Å². The van der Waals surface area contributed by atoms with E-state index >= 15 is 0 Å². The van der Waals surface area contributed by atoms with Crippen molar-refractivity contribution < 1.29 is 31.3 Å². The third-order valence-corrected chi connectivity index (χ3v) is 10.8. The molecule has 2 aliphatic rings. The van der Waals surface area contributed by atoms with E-state index in [2.05, 4.69) is 0 Å². The molecular formula is C34H37BClFN2O6S. The summed E-state index contributed by atoms with van der Waals surface area (Å²) < 4.78 is 59.9. The molecule has 8 nitrogen and oxygen atoms in total. The van der Waals surface area contributed by atoms with Crippen molar-refractivity contribution in [1.82, 2.24) is 0 Å². The van der Waals surface area contributed by atoms with Crippen LogP contribution in [0.1, 0.15) is 79.3 Å². The number of hydrogen-bond donors (Lipinski definition) is 1. The van der Waals surface area contributed by atoms with Gasteiger partial charge in [-0.25, -0.2) is 12.8 Å². The van der Waals surface area contributed by atoms with Gasteiger partial charge in [-0.3, -0.25) is 9.10 Å². The lowest BCUT2D eigenvalue weighted by Gasteiger charge is -2.32. The van der Waals surface area contributed by atoms with Crippen LogP contribution in [-0.4, -0.2) is 45.4 Å². The molecule has 1 saturated carbocycles. The van der Waals surface area contributed by atoms with Gasteiger partial charge in [-0.1, -0.05) is 35.9 Å². The third kappa shape index (κ3) is 6.30. The van der Waals surface area contributed by atoms with Gasteiger partial charge >= 0.3 is 7.12 Å². The van der Waals surface area contributed by atoms with Crippen molar-refractivity contribution >= 4 is 56.8 Å². The number of amides is 1. The first kappa shape index (κ1) is 32.6. The Balaban J connectivity index is 1.32. The fourth-order valence-electron chi connectivity index (χ4n) is 5.90.